The van der Waals surface area contributed by atoms with E-state index in [1.807, 2.05) is 0 Å². The van der Waals surface area contributed by atoms with Crippen molar-refractivity contribution in [1.29, 1.82) is 0 Å². The predicted molar refractivity (Wildman–Crippen MR) is 197 cm³/mol. The van der Waals surface area contributed by atoms with Gasteiger partial charge >= 0.3 is 30.2 Å². The van der Waals surface area contributed by atoms with E-state index in [4.69, 9.17) is 42.6 Å². The van der Waals surface area contributed by atoms with Crippen molar-refractivity contribution in [3.8, 4) is 23.0 Å². The zero-order valence-electron chi connectivity index (χ0n) is 28.6. The highest BCUT2D eigenvalue weighted by atomic mass is 127. The summed E-state index contributed by atoms with van der Waals surface area (Å²) in [4.78, 5) is 56.5. The van der Waals surface area contributed by atoms with Gasteiger partial charge in [-0.1, -0.05) is 47.9 Å². The summed E-state index contributed by atoms with van der Waals surface area (Å²) < 4.78 is 48.2. The fourth-order valence-corrected chi connectivity index (χ4v) is 4.98. The van der Waals surface area contributed by atoms with Gasteiger partial charge < -0.3 is 42.7 Å². The molecule has 280 valence electrons. The molecule has 0 aromatic heterocycles. The van der Waals surface area contributed by atoms with Crippen LogP contribution in [-0.4, -0.2) is 67.7 Å². The molecule has 3 aromatic rings. The number of ether oxygens (including phenoxy) is 9. The van der Waals surface area contributed by atoms with Crippen LogP contribution in [0.4, 0.5) is 9.59 Å². The number of hydrogen-bond donors (Lipinski definition) is 0. The van der Waals surface area contributed by atoms with E-state index in [2.05, 4.69) is 35.7 Å². The van der Waals surface area contributed by atoms with Crippen LogP contribution in [0.5, 0.6) is 23.0 Å². The fraction of sp³-hybridized carbons (Fsp3) is 0.289. The second-order valence-electron chi connectivity index (χ2n) is 11.0. The molecule has 53 heavy (non-hydrogen) atoms. The van der Waals surface area contributed by atoms with Crippen LogP contribution in [0.2, 0.25) is 0 Å². The first-order valence-electron chi connectivity index (χ1n) is 16.4. The molecule has 0 saturated carbocycles. The van der Waals surface area contributed by atoms with Crippen LogP contribution in [0.15, 0.2) is 92.0 Å². The van der Waals surface area contributed by atoms with Crippen molar-refractivity contribution in [3.63, 3.8) is 0 Å². The molecule has 1 fully saturated rings. The van der Waals surface area contributed by atoms with Crippen LogP contribution < -0.4 is 18.9 Å². The predicted octanol–water partition coefficient (Wildman–Crippen LogP) is 7.08. The minimum Gasteiger partial charge on any atom is -0.463 e. The van der Waals surface area contributed by atoms with Crippen molar-refractivity contribution < 1.29 is 66.6 Å². The van der Waals surface area contributed by atoms with Gasteiger partial charge in [0.2, 0.25) is 12.0 Å². The SMILES string of the molecule is C=CC(=O)OCCCCOC(=O)Oc1ccc(C(=[OH+])Oc2ccc(OC3OC3c3ccc(OC(=O)OCCCCOC(=O)C=C)cc3)c(CI)c2)cc1. The lowest BCUT2D eigenvalue weighted by Gasteiger charge is -2.09. The van der Waals surface area contributed by atoms with Crippen molar-refractivity contribution in [3.05, 3.63) is 109 Å². The molecule has 14 nitrogen and oxygen atoms in total. The first-order chi connectivity index (χ1) is 25.7. The fourth-order valence-electron chi connectivity index (χ4n) is 4.38. The molecule has 4 rings (SSSR count). The Morgan fingerprint density at radius 2 is 1.17 bits per heavy atom. The summed E-state index contributed by atoms with van der Waals surface area (Å²) in [5, 5.41) is 0. The van der Waals surface area contributed by atoms with Crippen LogP contribution in [0.3, 0.4) is 0 Å². The van der Waals surface area contributed by atoms with Crippen LogP contribution in [-0.2, 0) is 37.7 Å². The van der Waals surface area contributed by atoms with E-state index in [1.54, 1.807) is 42.5 Å². The van der Waals surface area contributed by atoms with E-state index in [9.17, 15) is 24.0 Å². The van der Waals surface area contributed by atoms with Gasteiger partial charge in [0.25, 0.3) is 0 Å². The average molecular weight is 846 g/mol. The van der Waals surface area contributed by atoms with Crippen LogP contribution in [0.25, 0.3) is 0 Å². The van der Waals surface area contributed by atoms with Gasteiger partial charge in [-0.3, -0.25) is 4.74 Å². The normalized spacial score (nSPS) is 14.1. The summed E-state index contributed by atoms with van der Waals surface area (Å²) >= 11 is 2.19. The monoisotopic (exact) mass is 845 g/mol. The molecular weight excluding hydrogens is 807 g/mol. The van der Waals surface area contributed by atoms with Gasteiger partial charge in [0.05, 0.1) is 26.4 Å². The molecule has 0 spiro atoms. The van der Waals surface area contributed by atoms with E-state index < -0.39 is 30.5 Å². The number of hydrogen-bond acceptors (Lipinski definition) is 13. The number of esters is 3. The van der Waals surface area contributed by atoms with E-state index in [1.165, 1.54) is 24.3 Å². The summed E-state index contributed by atoms with van der Waals surface area (Å²) in [5.41, 5.74) is 1.99. The molecule has 2 atom stereocenters. The maximum absolute atomic E-state index is 12.0. The standard InChI is InChI=1S/C38H37IO14/c1-3-32(40)45-19-5-7-21-47-37(43)50-28-13-9-25(10-14-28)34-36(53-34)52-31-18-17-30(23-27(31)24-39)49-35(42)26-11-15-29(16-12-26)51-38(44)48-22-8-6-20-46-33(41)4-2/h3-4,9-18,23,34,36H,1-2,5-8,19-22,24H2/p+1. The van der Waals surface area contributed by atoms with Crippen LogP contribution in [0, 0.1) is 0 Å². The van der Waals surface area contributed by atoms with Gasteiger partial charge in [0.15, 0.2) is 0 Å². The Morgan fingerprint density at radius 3 is 1.68 bits per heavy atom. The van der Waals surface area contributed by atoms with Crippen molar-refractivity contribution in [1.82, 2.24) is 0 Å². The molecule has 0 bridgehead atoms. The van der Waals surface area contributed by atoms with Crippen molar-refractivity contribution in [2.75, 3.05) is 26.4 Å². The van der Waals surface area contributed by atoms with Crippen molar-refractivity contribution in [2.45, 2.75) is 42.5 Å². The highest BCUT2D eigenvalue weighted by molar-refractivity contribution is 14.1. The molecular formula is C38H38IO14+. The van der Waals surface area contributed by atoms with Gasteiger partial charge in [-0.2, -0.15) is 0 Å². The minimum atomic E-state index is -0.889. The van der Waals surface area contributed by atoms with Crippen LogP contribution in [0.1, 0.15) is 48.5 Å². The molecule has 0 aliphatic carbocycles. The Morgan fingerprint density at radius 1 is 0.679 bits per heavy atom. The molecule has 1 saturated heterocycles. The number of unbranched alkanes of at least 4 members (excludes halogenated alkanes) is 2. The lowest BCUT2D eigenvalue weighted by Crippen LogP contribution is -2.13. The molecule has 0 amide bonds. The quantitative estimate of drug-likeness (QED) is 0.0108. The number of benzene rings is 3. The second-order valence-corrected chi connectivity index (χ2v) is 11.8. The third-order valence-electron chi connectivity index (χ3n) is 7.14. The number of carbonyl (C=O) groups excluding carboxylic acids is 5. The van der Waals surface area contributed by atoms with Gasteiger partial charge in [0.1, 0.15) is 28.9 Å². The summed E-state index contributed by atoms with van der Waals surface area (Å²) in [6.45, 7) is 7.25. The Kier molecular flexibility index (Phi) is 16.1. The van der Waals surface area contributed by atoms with Gasteiger partial charge in [-0.25, -0.2) is 19.2 Å². The van der Waals surface area contributed by atoms with E-state index in [0.29, 0.717) is 52.9 Å². The summed E-state index contributed by atoms with van der Waals surface area (Å²) in [7, 11) is 0. The summed E-state index contributed by atoms with van der Waals surface area (Å²) in [5.74, 6) is 0.105. The number of halogens is 1. The van der Waals surface area contributed by atoms with Crippen molar-refractivity contribution >= 4 is 52.8 Å². The average Bonchev–Trinajstić information content (AvgIpc) is 3.94. The minimum absolute atomic E-state index is 0.0933. The number of carbonyl (C=O) groups is 4. The Hall–Kier alpha value is -5.42. The summed E-state index contributed by atoms with van der Waals surface area (Å²) in [6, 6.07) is 17.9. The Labute approximate surface area is 319 Å². The highest BCUT2D eigenvalue weighted by Gasteiger charge is 2.43. The molecule has 1 aliphatic heterocycles. The maximum atomic E-state index is 12.0. The van der Waals surface area contributed by atoms with Gasteiger partial charge in [-0.15, -0.1) is 0 Å². The molecule has 0 radical (unpaired) electrons. The Balaban J connectivity index is 1.17. The first-order valence-corrected chi connectivity index (χ1v) is 17.9. The topological polar surface area (TPSA) is 176 Å². The molecule has 2 unspecified atom stereocenters. The Bertz CT molecular complexity index is 1740. The molecule has 3 aromatic carbocycles. The molecule has 1 heterocycles. The van der Waals surface area contributed by atoms with Gasteiger partial charge in [-0.05, 0) is 73.7 Å². The second kappa shape index (κ2) is 21.2. The van der Waals surface area contributed by atoms with Crippen molar-refractivity contribution in [2.24, 2.45) is 0 Å². The maximum Gasteiger partial charge on any atom is 0.523 e. The van der Waals surface area contributed by atoms with E-state index >= 15 is 0 Å². The number of alkyl halides is 1. The number of epoxide rings is 1. The molecule has 15 heteroatoms. The zero-order chi connectivity index (χ0) is 38.0. The van der Waals surface area contributed by atoms with E-state index in [0.717, 1.165) is 23.3 Å². The zero-order valence-corrected chi connectivity index (χ0v) is 30.7. The first kappa shape index (κ1) is 40.4. The van der Waals surface area contributed by atoms with Gasteiger partial charge in [0, 0.05) is 34.3 Å². The third-order valence-corrected chi connectivity index (χ3v) is 7.96. The molecule has 1 aliphatic rings. The van der Waals surface area contributed by atoms with Crippen LogP contribution >= 0.6 is 22.6 Å². The lowest BCUT2D eigenvalue weighted by molar-refractivity contribution is -0.138. The van der Waals surface area contributed by atoms with E-state index in [-0.39, 0.29) is 44.3 Å². The third kappa shape index (κ3) is 13.9. The summed E-state index contributed by atoms with van der Waals surface area (Å²) in [6.07, 6.45) is 1.61. The smallest absolute Gasteiger partial charge is 0.463 e. The highest BCUT2D eigenvalue weighted by Crippen LogP contribution is 2.42. The molecule has 1 N–H and O–H groups in total. The lowest BCUT2D eigenvalue weighted by atomic mass is 10.1. The largest absolute Gasteiger partial charge is 0.523 e. The number of rotatable bonds is 20.